The summed E-state index contributed by atoms with van der Waals surface area (Å²) >= 11 is 0. The van der Waals surface area contributed by atoms with Gasteiger partial charge >= 0.3 is 0 Å². The van der Waals surface area contributed by atoms with Crippen molar-refractivity contribution in [3.63, 3.8) is 0 Å². The molecule has 40 heavy (non-hydrogen) atoms. The van der Waals surface area contributed by atoms with Gasteiger partial charge in [0.15, 0.2) is 0 Å². The van der Waals surface area contributed by atoms with Crippen LogP contribution in [-0.4, -0.2) is 44.8 Å². The van der Waals surface area contributed by atoms with Crippen LogP contribution < -0.4 is 14.4 Å². The number of hydrogen-bond donors (Lipinski definition) is 1. The van der Waals surface area contributed by atoms with Crippen molar-refractivity contribution >= 4 is 27.5 Å². The summed E-state index contributed by atoms with van der Waals surface area (Å²) in [5.74, 6) is 0.268. The molecule has 0 aliphatic carbocycles. The van der Waals surface area contributed by atoms with Crippen molar-refractivity contribution in [1.82, 2.24) is 10.2 Å². The third kappa shape index (κ3) is 6.86. The summed E-state index contributed by atoms with van der Waals surface area (Å²) in [5, 5.41) is 2.57. The standard InChI is InChI=1S/C31H31N3O5S/c1-24(31(36)32-2)33(22-25-12-6-3-7-13-25)30(35)23-34(40(37,38)29-16-10-5-11-17-29)26-18-20-28(21-19-26)39-27-14-8-4-9-15-27/h3-21,24H,22-23H2,1-2H3,(H,32,36). The van der Waals surface area contributed by atoms with E-state index in [1.165, 1.54) is 24.1 Å². The van der Waals surface area contributed by atoms with E-state index in [0.717, 1.165) is 9.87 Å². The largest absolute Gasteiger partial charge is 0.457 e. The number of amides is 2. The zero-order chi connectivity index (χ0) is 28.5. The molecule has 1 unspecified atom stereocenters. The maximum Gasteiger partial charge on any atom is 0.264 e. The Morgan fingerprint density at radius 3 is 1.88 bits per heavy atom. The van der Waals surface area contributed by atoms with Crippen molar-refractivity contribution in [2.24, 2.45) is 0 Å². The molecule has 4 aromatic rings. The molecule has 4 rings (SSSR count). The van der Waals surface area contributed by atoms with Gasteiger partial charge in [0.05, 0.1) is 10.6 Å². The van der Waals surface area contributed by atoms with Crippen LogP contribution in [0.2, 0.25) is 0 Å². The number of para-hydroxylation sites is 1. The predicted molar refractivity (Wildman–Crippen MR) is 154 cm³/mol. The summed E-state index contributed by atoms with van der Waals surface area (Å²) in [7, 11) is -2.64. The van der Waals surface area contributed by atoms with Crippen LogP contribution in [0.5, 0.6) is 11.5 Å². The normalized spacial score (nSPS) is 11.8. The molecule has 0 radical (unpaired) electrons. The highest BCUT2D eigenvalue weighted by Crippen LogP contribution is 2.28. The highest BCUT2D eigenvalue weighted by molar-refractivity contribution is 7.92. The SMILES string of the molecule is CNC(=O)C(C)N(Cc1ccccc1)C(=O)CN(c1ccc(Oc2ccccc2)cc1)S(=O)(=O)c1ccccc1. The molecular weight excluding hydrogens is 526 g/mol. The minimum Gasteiger partial charge on any atom is -0.457 e. The second-order valence-electron chi connectivity index (χ2n) is 9.03. The Bertz CT molecular complexity index is 1510. The number of rotatable bonds is 11. The molecule has 0 spiro atoms. The number of sulfonamides is 1. The van der Waals surface area contributed by atoms with E-state index in [2.05, 4.69) is 5.32 Å². The molecule has 8 nitrogen and oxygen atoms in total. The molecule has 2 amide bonds. The van der Waals surface area contributed by atoms with Crippen molar-refractivity contribution in [2.45, 2.75) is 24.4 Å². The van der Waals surface area contributed by atoms with Gasteiger partial charge in [0, 0.05) is 13.6 Å². The van der Waals surface area contributed by atoms with E-state index in [-0.39, 0.29) is 23.0 Å². The Hall–Kier alpha value is -4.63. The van der Waals surface area contributed by atoms with Gasteiger partial charge in [0.1, 0.15) is 24.1 Å². The smallest absolute Gasteiger partial charge is 0.264 e. The van der Waals surface area contributed by atoms with Gasteiger partial charge < -0.3 is 15.0 Å². The molecule has 0 aromatic heterocycles. The molecule has 0 fully saturated rings. The Morgan fingerprint density at radius 2 is 1.30 bits per heavy atom. The van der Waals surface area contributed by atoms with Crippen LogP contribution >= 0.6 is 0 Å². The van der Waals surface area contributed by atoms with E-state index in [4.69, 9.17) is 4.74 Å². The number of ether oxygens (including phenoxy) is 1. The van der Waals surface area contributed by atoms with Gasteiger partial charge in [-0.25, -0.2) is 8.42 Å². The van der Waals surface area contributed by atoms with Gasteiger partial charge in [-0.15, -0.1) is 0 Å². The lowest BCUT2D eigenvalue weighted by molar-refractivity contribution is -0.139. The Labute approximate surface area is 234 Å². The zero-order valence-electron chi connectivity index (χ0n) is 22.3. The van der Waals surface area contributed by atoms with Crippen molar-refractivity contribution in [3.05, 3.63) is 121 Å². The van der Waals surface area contributed by atoms with Gasteiger partial charge in [0.25, 0.3) is 10.0 Å². The molecule has 0 aliphatic rings. The molecule has 206 valence electrons. The van der Waals surface area contributed by atoms with Gasteiger partial charge in [-0.1, -0.05) is 66.7 Å². The third-order valence-electron chi connectivity index (χ3n) is 6.32. The number of nitrogens with one attached hydrogen (secondary N) is 1. The fourth-order valence-corrected chi connectivity index (χ4v) is 5.56. The maximum atomic E-state index is 13.8. The minimum atomic E-state index is -4.13. The van der Waals surface area contributed by atoms with E-state index in [1.807, 2.05) is 60.7 Å². The van der Waals surface area contributed by atoms with E-state index in [9.17, 15) is 18.0 Å². The Morgan fingerprint density at radius 1 is 0.775 bits per heavy atom. The Balaban J connectivity index is 1.68. The second-order valence-corrected chi connectivity index (χ2v) is 10.9. The van der Waals surface area contributed by atoms with E-state index in [0.29, 0.717) is 11.5 Å². The highest BCUT2D eigenvalue weighted by Gasteiger charge is 2.32. The molecule has 0 saturated carbocycles. The molecule has 0 heterocycles. The van der Waals surface area contributed by atoms with Crippen LogP contribution in [0.25, 0.3) is 0 Å². The number of nitrogens with zero attached hydrogens (tertiary/aromatic N) is 2. The summed E-state index contributed by atoms with van der Waals surface area (Å²) in [6, 6.07) is 32.0. The van der Waals surface area contributed by atoms with Crippen LogP contribution in [-0.2, 0) is 26.2 Å². The number of hydrogen-bond acceptors (Lipinski definition) is 5. The first-order valence-electron chi connectivity index (χ1n) is 12.8. The van der Waals surface area contributed by atoms with Gasteiger partial charge in [-0.05, 0) is 61.0 Å². The van der Waals surface area contributed by atoms with Crippen LogP contribution in [0, 0.1) is 0 Å². The number of benzene rings is 4. The lowest BCUT2D eigenvalue weighted by atomic mass is 10.1. The first-order chi connectivity index (χ1) is 19.3. The van der Waals surface area contributed by atoms with Gasteiger partial charge in [-0.2, -0.15) is 0 Å². The third-order valence-corrected chi connectivity index (χ3v) is 8.11. The second kappa shape index (κ2) is 12.9. The van der Waals surface area contributed by atoms with E-state index < -0.39 is 28.5 Å². The van der Waals surface area contributed by atoms with Crippen LogP contribution in [0.3, 0.4) is 0 Å². The first-order valence-corrected chi connectivity index (χ1v) is 14.2. The van der Waals surface area contributed by atoms with E-state index >= 15 is 0 Å². The molecule has 0 aliphatic heterocycles. The summed E-state index contributed by atoms with van der Waals surface area (Å²) in [4.78, 5) is 27.8. The number of carbonyl (C=O) groups excluding carboxylic acids is 2. The van der Waals surface area contributed by atoms with Crippen molar-refractivity contribution in [3.8, 4) is 11.5 Å². The zero-order valence-corrected chi connectivity index (χ0v) is 23.1. The fraction of sp³-hybridized carbons (Fsp3) is 0.161. The molecule has 9 heteroatoms. The summed E-state index contributed by atoms with van der Waals surface area (Å²) < 4.78 is 34.6. The van der Waals surface area contributed by atoms with Gasteiger partial charge in [0.2, 0.25) is 11.8 Å². The lowest BCUT2D eigenvalue weighted by Crippen LogP contribution is -2.50. The average Bonchev–Trinajstić information content (AvgIpc) is 2.99. The van der Waals surface area contributed by atoms with Crippen molar-refractivity contribution in [2.75, 3.05) is 17.9 Å². The predicted octanol–water partition coefficient (Wildman–Crippen LogP) is 4.84. The first kappa shape index (κ1) is 28.4. The monoisotopic (exact) mass is 557 g/mol. The lowest BCUT2D eigenvalue weighted by Gasteiger charge is -2.31. The average molecular weight is 558 g/mol. The highest BCUT2D eigenvalue weighted by atomic mass is 32.2. The molecule has 0 bridgehead atoms. The van der Waals surface area contributed by atoms with Crippen LogP contribution in [0.15, 0.2) is 120 Å². The summed E-state index contributed by atoms with van der Waals surface area (Å²) in [5.41, 5.74) is 1.09. The molecule has 0 saturated heterocycles. The number of carbonyl (C=O) groups is 2. The van der Waals surface area contributed by atoms with Crippen LogP contribution in [0.4, 0.5) is 5.69 Å². The molecule has 4 aromatic carbocycles. The molecular formula is C31H31N3O5S. The topological polar surface area (TPSA) is 96.0 Å². The fourth-order valence-electron chi connectivity index (χ4n) is 4.13. The van der Waals surface area contributed by atoms with Crippen LogP contribution in [0.1, 0.15) is 12.5 Å². The number of likely N-dealkylation sites (N-methyl/N-ethyl adjacent to an activating group) is 1. The summed E-state index contributed by atoms with van der Waals surface area (Å²) in [6.45, 7) is 1.24. The van der Waals surface area contributed by atoms with E-state index in [1.54, 1.807) is 49.4 Å². The molecule has 1 atom stereocenters. The van der Waals surface area contributed by atoms with Crippen molar-refractivity contribution < 1.29 is 22.7 Å². The maximum absolute atomic E-state index is 13.8. The quantitative estimate of drug-likeness (QED) is 0.285. The summed E-state index contributed by atoms with van der Waals surface area (Å²) in [6.07, 6.45) is 0. The Kier molecular flexibility index (Phi) is 9.19. The minimum absolute atomic E-state index is 0.0429. The number of anilines is 1. The van der Waals surface area contributed by atoms with Gasteiger partial charge in [-0.3, -0.25) is 13.9 Å². The molecule has 1 N–H and O–H groups in total. The van der Waals surface area contributed by atoms with Crippen molar-refractivity contribution in [1.29, 1.82) is 0 Å².